The van der Waals surface area contributed by atoms with E-state index in [1.807, 2.05) is 48.6 Å². The molecule has 4 rings (SSSR count). The van der Waals surface area contributed by atoms with E-state index >= 15 is 0 Å². The van der Waals surface area contributed by atoms with Gasteiger partial charge in [-0.1, -0.05) is 109 Å². The van der Waals surface area contributed by atoms with Gasteiger partial charge in [0.15, 0.2) is 0 Å². The highest BCUT2D eigenvalue weighted by atomic mass is 16.4. The van der Waals surface area contributed by atoms with Crippen molar-refractivity contribution in [2.75, 3.05) is 0 Å². The molecule has 0 bridgehead atoms. The van der Waals surface area contributed by atoms with Gasteiger partial charge in [-0.3, -0.25) is 0 Å². The van der Waals surface area contributed by atoms with Crippen LogP contribution in [0.25, 0.3) is 36.5 Å². The fourth-order valence-electron chi connectivity index (χ4n) is 3.49. The van der Waals surface area contributed by atoms with Crippen molar-refractivity contribution in [2.45, 2.75) is 0 Å². The van der Waals surface area contributed by atoms with E-state index in [1.54, 1.807) is 48.5 Å². The van der Waals surface area contributed by atoms with Crippen LogP contribution < -0.4 is 0 Å². The van der Waals surface area contributed by atoms with Crippen LogP contribution in [0.3, 0.4) is 0 Å². The van der Waals surface area contributed by atoms with Gasteiger partial charge in [-0.15, -0.1) is 0 Å². The maximum Gasteiger partial charge on any atom is 0.335 e. The summed E-state index contributed by atoms with van der Waals surface area (Å²) in [6.45, 7) is 0. The SMILES string of the molecule is O=C(O)c1ccc(C=Cc2ccc(C=Cc3ccc(C=Cc4ccc(C(=O)O)cc4)cc3)cc2)cc1. The molecule has 176 valence electrons. The molecule has 0 aliphatic heterocycles. The van der Waals surface area contributed by atoms with E-state index in [9.17, 15) is 9.59 Å². The Balaban J connectivity index is 1.33. The third-order valence-corrected chi connectivity index (χ3v) is 5.59. The van der Waals surface area contributed by atoms with Crippen molar-refractivity contribution < 1.29 is 19.8 Å². The molecule has 4 aromatic rings. The Kier molecular flexibility index (Phi) is 7.69. The summed E-state index contributed by atoms with van der Waals surface area (Å²) in [4.78, 5) is 21.9. The quantitative estimate of drug-likeness (QED) is 0.259. The molecule has 0 aromatic heterocycles. The van der Waals surface area contributed by atoms with Gasteiger partial charge < -0.3 is 10.2 Å². The number of carboxylic acid groups (broad SMARTS) is 2. The Labute approximate surface area is 209 Å². The fraction of sp³-hybridized carbons (Fsp3) is 0. The Bertz CT molecular complexity index is 1310. The lowest BCUT2D eigenvalue weighted by atomic mass is 10.1. The first-order valence-electron chi connectivity index (χ1n) is 11.4. The van der Waals surface area contributed by atoms with Gasteiger partial charge in [-0.25, -0.2) is 9.59 Å². The van der Waals surface area contributed by atoms with Crippen LogP contribution in [0.4, 0.5) is 0 Å². The van der Waals surface area contributed by atoms with Gasteiger partial charge in [0.2, 0.25) is 0 Å². The number of carboxylic acids is 2. The maximum atomic E-state index is 10.9. The van der Waals surface area contributed by atoms with Gasteiger partial charge in [0.1, 0.15) is 0 Å². The Morgan fingerprint density at radius 3 is 0.694 bits per heavy atom. The molecular weight excluding hydrogens is 448 g/mol. The van der Waals surface area contributed by atoms with Crippen LogP contribution in [0.1, 0.15) is 54.1 Å². The summed E-state index contributed by atoms with van der Waals surface area (Å²) < 4.78 is 0. The Hall–Kier alpha value is -4.96. The third kappa shape index (κ3) is 6.78. The molecule has 4 aromatic carbocycles. The standard InChI is InChI=1S/C32H24O4/c33-31(34)29-19-15-27(16-20-29)13-11-25-7-3-23(4-8-25)1-2-24-5-9-26(10-6-24)12-14-28-17-21-30(22-18-28)32(35)36/h1-22H,(H,33,34)(H,35,36). The molecule has 0 atom stereocenters. The summed E-state index contributed by atoms with van der Waals surface area (Å²) in [5, 5.41) is 18.0. The first-order chi connectivity index (χ1) is 17.5. The van der Waals surface area contributed by atoms with Crippen molar-refractivity contribution >= 4 is 48.4 Å². The zero-order chi connectivity index (χ0) is 25.3. The largest absolute Gasteiger partial charge is 0.478 e. The smallest absolute Gasteiger partial charge is 0.335 e. The number of rotatable bonds is 8. The number of aromatic carboxylic acids is 2. The molecule has 36 heavy (non-hydrogen) atoms. The van der Waals surface area contributed by atoms with Gasteiger partial charge in [-0.05, 0) is 57.6 Å². The molecule has 0 aliphatic carbocycles. The summed E-state index contributed by atoms with van der Waals surface area (Å²) in [7, 11) is 0. The predicted octanol–water partition coefficient (Wildman–Crippen LogP) is 7.59. The molecule has 0 fully saturated rings. The summed E-state index contributed by atoms with van der Waals surface area (Å²) >= 11 is 0. The van der Waals surface area contributed by atoms with Crippen LogP contribution in [0.15, 0.2) is 97.1 Å². The molecule has 0 spiro atoms. The number of hydrogen-bond donors (Lipinski definition) is 2. The van der Waals surface area contributed by atoms with Crippen molar-refractivity contribution in [3.8, 4) is 0 Å². The van der Waals surface area contributed by atoms with Crippen LogP contribution in [-0.2, 0) is 0 Å². The second-order valence-electron chi connectivity index (χ2n) is 8.19. The Morgan fingerprint density at radius 1 is 0.361 bits per heavy atom. The van der Waals surface area contributed by atoms with Crippen LogP contribution >= 0.6 is 0 Å². The average Bonchev–Trinajstić information content (AvgIpc) is 2.91. The topological polar surface area (TPSA) is 74.6 Å². The minimum atomic E-state index is -0.927. The van der Waals surface area contributed by atoms with Crippen molar-refractivity contribution in [1.82, 2.24) is 0 Å². The molecule has 4 heteroatoms. The van der Waals surface area contributed by atoms with Crippen molar-refractivity contribution in [1.29, 1.82) is 0 Å². The van der Waals surface area contributed by atoms with E-state index in [0.717, 1.165) is 33.4 Å². The van der Waals surface area contributed by atoms with E-state index in [2.05, 4.69) is 36.4 Å². The van der Waals surface area contributed by atoms with Gasteiger partial charge in [0.25, 0.3) is 0 Å². The van der Waals surface area contributed by atoms with Gasteiger partial charge in [0.05, 0.1) is 11.1 Å². The molecule has 0 unspecified atom stereocenters. The monoisotopic (exact) mass is 472 g/mol. The second-order valence-corrected chi connectivity index (χ2v) is 8.19. The number of hydrogen-bond acceptors (Lipinski definition) is 2. The molecule has 0 aliphatic rings. The summed E-state index contributed by atoms with van der Waals surface area (Å²) in [5.74, 6) is -1.85. The lowest BCUT2D eigenvalue weighted by Crippen LogP contribution is -1.94. The molecule has 0 saturated carbocycles. The zero-order valence-electron chi connectivity index (χ0n) is 19.4. The molecular formula is C32H24O4. The highest BCUT2D eigenvalue weighted by Crippen LogP contribution is 2.15. The van der Waals surface area contributed by atoms with Gasteiger partial charge in [-0.2, -0.15) is 0 Å². The first-order valence-corrected chi connectivity index (χ1v) is 11.4. The van der Waals surface area contributed by atoms with Crippen LogP contribution in [0, 0.1) is 0 Å². The molecule has 0 saturated heterocycles. The van der Waals surface area contributed by atoms with Crippen molar-refractivity contribution in [3.05, 3.63) is 142 Å². The van der Waals surface area contributed by atoms with E-state index in [1.165, 1.54) is 0 Å². The van der Waals surface area contributed by atoms with E-state index in [0.29, 0.717) is 0 Å². The summed E-state index contributed by atoms with van der Waals surface area (Å²) in [6.07, 6.45) is 12.0. The molecule has 0 heterocycles. The summed E-state index contributed by atoms with van der Waals surface area (Å²) in [5.41, 5.74) is 6.74. The minimum Gasteiger partial charge on any atom is -0.478 e. The van der Waals surface area contributed by atoms with E-state index in [4.69, 9.17) is 10.2 Å². The lowest BCUT2D eigenvalue weighted by molar-refractivity contribution is 0.0686. The number of carbonyl (C=O) groups is 2. The van der Waals surface area contributed by atoms with Crippen molar-refractivity contribution in [2.24, 2.45) is 0 Å². The second kappa shape index (κ2) is 11.4. The van der Waals surface area contributed by atoms with Crippen LogP contribution in [0.2, 0.25) is 0 Å². The fourth-order valence-corrected chi connectivity index (χ4v) is 3.49. The molecule has 2 N–H and O–H groups in total. The molecule has 0 radical (unpaired) electrons. The molecule has 4 nitrogen and oxygen atoms in total. The van der Waals surface area contributed by atoms with Crippen molar-refractivity contribution in [3.63, 3.8) is 0 Å². The highest BCUT2D eigenvalue weighted by molar-refractivity contribution is 5.88. The number of benzene rings is 4. The Morgan fingerprint density at radius 2 is 0.528 bits per heavy atom. The third-order valence-electron chi connectivity index (χ3n) is 5.59. The molecule has 0 amide bonds. The van der Waals surface area contributed by atoms with Gasteiger partial charge >= 0.3 is 11.9 Å². The maximum absolute atomic E-state index is 10.9. The zero-order valence-corrected chi connectivity index (χ0v) is 19.4. The summed E-state index contributed by atoms with van der Waals surface area (Å²) in [6, 6.07) is 29.9. The van der Waals surface area contributed by atoms with Gasteiger partial charge in [0, 0.05) is 0 Å². The minimum absolute atomic E-state index is 0.277. The first kappa shape index (κ1) is 24.2. The lowest BCUT2D eigenvalue weighted by Gasteiger charge is -1.99. The normalized spacial score (nSPS) is 11.4. The van der Waals surface area contributed by atoms with Crippen LogP contribution in [-0.4, -0.2) is 22.2 Å². The van der Waals surface area contributed by atoms with E-state index in [-0.39, 0.29) is 11.1 Å². The predicted molar refractivity (Wildman–Crippen MR) is 146 cm³/mol. The average molecular weight is 473 g/mol. The van der Waals surface area contributed by atoms with Crippen LogP contribution in [0.5, 0.6) is 0 Å². The van der Waals surface area contributed by atoms with E-state index < -0.39 is 11.9 Å². The highest BCUT2D eigenvalue weighted by Gasteiger charge is 2.01.